The normalized spacial score (nSPS) is 25.7. The van der Waals surface area contributed by atoms with Crippen LogP contribution in [0.25, 0.3) is 0 Å². The van der Waals surface area contributed by atoms with Crippen LogP contribution in [0.3, 0.4) is 0 Å². The molecule has 9 heterocycles. The zero-order valence-corrected chi connectivity index (χ0v) is 53.3. The predicted octanol–water partition coefficient (Wildman–Crippen LogP) is 5.86. The van der Waals surface area contributed by atoms with Gasteiger partial charge in [0.2, 0.25) is 0 Å². The van der Waals surface area contributed by atoms with E-state index in [1.54, 1.807) is 79.8 Å². The summed E-state index contributed by atoms with van der Waals surface area (Å²) in [6.07, 6.45) is 22.0. The van der Waals surface area contributed by atoms with Crippen LogP contribution in [0.4, 0.5) is 0 Å². The van der Waals surface area contributed by atoms with E-state index in [0.717, 1.165) is 74.6 Å². The van der Waals surface area contributed by atoms with Gasteiger partial charge < -0.3 is 10.1 Å². The van der Waals surface area contributed by atoms with Crippen molar-refractivity contribution in [2.24, 2.45) is 55.5 Å². The summed E-state index contributed by atoms with van der Waals surface area (Å²) >= 11 is 0. The van der Waals surface area contributed by atoms with Crippen molar-refractivity contribution in [1.82, 2.24) is 48.8 Å². The van der Waals surface area contributed by atoms with Gasteiger partial charge in [0.1, 0.15) is 0 Å². The number of imidazole rings is 1. The molecule has 0 amide bonds. The van der Waals surface area contributed by atoms with Gasteiger partial charge in [-0.3, -0.25) is 39.9 Å². The number of aromatic amines is 1. The van der Waals surface area contributed by atoms with Gasteiger partial charge in [-0.05, 0) is 167 Å². The molecule has 28 heteroatoms. The number of nitrogens with zero attached hydrogens (tertiary/aromatic N) is 10. The van der Waals surface area contributed by atoms with Crippen molar-refractivity contribution >= 4 is 60.3 Å². The highest BCUT2D eigenvalue weighted by Crippen LogP contribution is 2.60. The summed E-state index contributed by atoms with van der Waals surface area (Å²) in [7, 11) is -14.5. The lowest BCUT2D eigenvalue weighted by atomic mass is 9.76. The number of aliphatic hydroxyl groups excluding tert-OH is 1. The number of hydrogen-bond acceptors (Lipinski definition) is 19. The van der Waals surface area contributed by atoms with Crippen LogP contribution in [0.1, 0.15) is 139 Å². The van der Waals surface area contributed by atoms with Crippen LogP contribution in [0.2, 0.25) is 0 Å². The van der Waals surface area contributed by atoms with Gasteiger partial charge in [0.05, 0.1) is 61.4 Å². The van der Waals surface area contributed by atoms with Gasteiger partial charge in [-0.15, -0.1) is 0 Å². The molecular formula is C63H73N15O9S4. The van der Waals surface area contributed by atoms with E-state index in [-0.39, 0.29) is 56.7 Å². The maximum absolute atomic E-state index is 12.9. The number of aliphatic imine (C=N–C) groups is 4. The van der Waals surface area contributed by atoms with Crippen LogP contribution in [0.15, 0.2) is 136 Å². The molecular weight excluding hydrogens is 1240 g/mol. The van der Waals surface area contributed by atoms with Crippen molar-refractivity contribution < 1.29 is 38.8 Å². The number of pyridine rings is 4. The highest BCUT2D eigenvalue weighted by Gasteiger charge is 2.59. The fourth-order valence-electron chi connectivity index (χ4n) is 14.7. The molecule has 1 aromatic carbocycles. The second-order valence-corrected chi connectivity index (χ2v) is 31.4. The number of H-pyrrole nitrogens is 1. The summed E-state index contributed by atoms with van der Waals surface area (Å²) in [6, 6.07) is 26.2. The minimum absolute atomic E-state index is 0.0405. The zero-order valence-electron chi connectivity index (χ0n) is 50.0. The first kappa shape index (κ1) is 63.9. The molecule has 5 atom stereocenters. The summed E-state index contributed by atoms with van der Waals surface area (Å²) in [5, 5.41) is 19.2. The molecule has 24 nitrogen and oxygen atoms in total. The summed E-state index contributed by atoms with van der Waals surface area (Å²) in [4.78, 5) is 40.2. The Bertz CT molecular complexity index is 4280. The van der Waals surface area contributed by atoms with E-state index in [9.17, 15) is 38.8 Å². The highest BCUT2D eigenvalue weighted by atomic mass is 32.2. The summed E-state index contributed by atoms with van der Waals surface area (Å²) < 4.78 is 112. The van der Waals surface area contributed by atoms with E-state index >= 15 is 0 Å². The van der Waals surface area contributed by atoms with Crippen molar-refractivity contribution in [1.29, 1.82) is 5.26 Å². The molecule has 4 bridgehead atoms. The fourth-order valence-corrected chi connectivity index (χ4v) is 20.4. The Kier molecular flexibility index (Phi) is 19.1. The highest BCUT2D eigenvalue weighted by molar-refractivity contribution is 8.06. The van der Waals surface area contributed by atoms with Crippen LogP contribution in [0, 0.1) is 46.8 Å². The Morgan fingerprint density at radius 2 is 1.08 bits per heavy atom. The van der Waals surface area contributed by atoms with E-state index in [1.165, 1.54) is 24.8 Å². The van der Waals surface area contributed by atoms with Gasteiger partial charge in [-0.25, -0.2) is 57.5 Å². The van der Waals surface area contributed by atoms with Crippen LogP contribution < -0.4 is 18.9 Å². The van der Waals surface area contributed by atoms with E-state index in [4.69, 9.17) is 5.26 Å². The van der Waals surface area contributed by atoms with Gasteiger partial charge in [0.25, 0.3) is 40.1 Å². The lowest BCUT2D eigenvalue weighted by Gasteiger charge is -2.35. The Hall–Kier alpha value is -7.20. The standard InChI is InChI=1S/C20H23N3O3S.C16H19N3O2S.C15H18N4O2S.C12H13N5O2S/c24-13-16-11-15(14-5-2-1-3-6-14)8-9-18(16)23-27(25,26)20-17-7-4-10-21-19(17)12-22-20;20-22(21,15-13-2-1-3-17-14(13)9-18-15)19-16-7-10-4-11(8-16)6-12(16)5-10;16-8-11-3-5-12(6-4-11)9-19-22(20,21)15-13-2-1-7-17-14(13)10-18-15;18-20(19,17-5-3-9-6-13-8-16-9)12-10-2-1-4-14-11(10)7-15-12/h1-7,10,15-16,18,23-24H,8-9,11-13H2;1-3,10-12,19H,4-9H2;1-2,7,11-12,19H,3-6,9-10H2;1-2,4,6,8,17H,3,5,7H2,(H,13,16). The second-order valence-electron chi connectivity index (χ2n) is 24.8. The smallest absolute Gasteiger partial charge is 0.258 e. The van der Waals surface area contributed by atoms with Crippen molar-refractivity contribution in [3.05, 3.63) is 172 Å². The summed E-state index contributed by atoms with van der Waals surface area (Å²) in [5.41, 5.74) is 7.21. The number of nitrogens with one attached hydrogen (secondary N) is 5. The molecule has 10 aliphatic rings. The molecule has 5 unspecified atom stereocenters. The number of fused-ring (bicyclic) bond motifs is 4. The quantitative estimate of drug-likeness (QED) is 0.0788. The molecule has 6 aliphatic carbocycles. The third-order valence-corrected chi connectivity index (χ3v) is 24.8. The molecule has 6 saturated carbocycles. The number of hydrogen-bond donors (Lipinski definition) is 6. The zero-order chi connectivity index (χ0) is 63.4. The first-order valence-electron chi connectivity index (χ1n) is 30.9. The molecule has 91 heavy (non-hydrogen) atoms. The number of rotatable bonds is 13. The van der Waals surface area contributed by atoms with Crippen molar-refractivity contribution in [3.63, 3.8) is 0 Å². The lowest BCUT2D eigenvalue weighted by Crippen LogP contribution is -2.51. The molecule has 4 aliphatic heterocycles. The molecule has 0 saturated heterocycles. The minimum Gasteiger partial charge on any atom is -0.396 e. The lowest BCUT2D eigenvalue weighted by molar-refractivity contribution is 0.153. The Morgan fingerprint density at radius 3 is 1.57 bits per heavy atom. The molecule has 478 valence electrons. The minimum atomic E-state index is -3.75. The maximum atomic E-state index is 12.9. The number of aliphatic hydroxyl groups is 1. The molecule has 5 aromatic heterocycles. The van der Waals surface area contributed by atoms with E-state index in [1.807, 2.05) is 24.3 Å². The number of nitriles is 1. The average Bonchev–Trinajstić information content (AvgIpc) is 1.57. The Balaban J connectivity index is 0.000000118. The first-order valence-corrected chi connectivity index (χ1v) is 36.9. The number of benzene rings is 1. The fraction of sp³-hybridized carbons (Fsp3) is 0.460. The number of aromatic nitrogens is 6. The topological polar surface area (TPSA) is 358 Å². The van der Waals surface area contributed by atoms with Crippen LogP contribution in [-0.4, -0.2) is 120 Å². The van der Waals surface area contributed by atoms with Crippen LogP contribution in [0.5, 0.6) is 0 Å². The maximum Gasteiger partial charge on any atom is 0.258 e. The molecule has 0 spiro atoms. The van der Waals surface area contributed by atoms with E-state index in [2.05, 4.69) is 87.0 Å². The predicted molar refractivity (Wildman–Crippen MR) is 343 cm³/mol. The van der Waals surface area contributed by atoms with Crippen molar-refractivity contribution in [2.45, 2.75) is 127 Å². The average molecular weight is 1310 g/mol. The largest absolute Gasteiger partial charge is 0.396 e. The molecule has 0 radical (unpaired) electrons. The monoisotopic (exact) mass is 1310 g/mol. The van der Waals surface area contributed by atoms with Crippen LogP contribution in [-0.2, 0) is 72.7 Å². The molecule has 6 fully saturated rings. The Morgan fingerprint density at radius 1 is 0.571 bits per heavy atom. The third-order valence-electron chi connectivity index (χ3n) is 18.9. The van der Waals surface area contributed by atoms with E-state index < -0.39 is 40.1 Å². The van der Waals surface area contributed by atoms with Gasteiger partial charge in [0.15, 0.2) is 20.2 Å². The first-order chi connectivity index (χ1) is 43.9. The Labute approximate surface area is 530 Å². The van der Waals surface area contributed by atoms with Gasteiger partial charge in [-0.2, -0.15) is 5.26 Å². The number of sulfonamides is 4. The summed E-state index contributed by atoms with van der Waals surface area (Å²) in [5.74, 6) is 2.63. The second kappa shape index (κ2) is 27.2. The van der Waals surface area contributed by atoms with Gasteiger partial charge in [-0.1, -0.05) is 30.3 Å². The van der Waals surface area contributed by atoms with Crippen molar-refractivity contribution in [3.8, 4) is 6.07 Å². The van der Waals surface area contributed by atoms with Gasteiger partial charge >= 0.3 is 0 Å². The molecule has 6 aromatic rings. The summed E-state index contributed by atoms with van der Waals surface area (Å²) in [6.45, 7) is 1.95. The van der Waals surface area contributed by atoms with E-state index in [0.29, 0.717) is 103 Å². The SMILES string of the molecule is N#CC1CCC(CNS(=O)(=O)C2=NCc3ncccc32)CC1.O=S(=O)(NC12CC3CC(CC1C3)C2)C1=NCc2ncccc21.O=S(=O)(NC1CCC(c2ccccc2)CC1CO)C1=NCc2ncccc21.O=S(=O)(NCCc1cnc[nH]1)C1=NCc2ncccc21. The van der Waals surface area contributed by atoms with Crippen molar-refractivity contribution in [2.75, 3.05) is 19.7 Å². The van der Waals surface area contributed by atoms with Crippen LogP contribution >= 0.6 is 0 Å². The van der Waals surface area contributed by atoms with Gasteiger partial charge in [0, 0.05) is 103 Å². The molecule has 6 N–H and O–H groups in total. The molecule has 16 rings (SSSR count). The third kappa shape index (κ3) is 14.2.